The quantitative estimate of drug-likeness (QED) is 0.605. The van der Waals surface area contributed by atoms with Crippen molar-refractivity contribution in [2.24, 2.45) is 5.73 Å². The number of ether oxygens (including phenoxy) is 1. The Kier molecular flexibility index (Phi) is 6.73. The smallest absolute Gasteiger partial charge is 0.326 e. The molecule has 4 N–H and O–H groups in total. The first kappa shape index (κ1) is 16.5. The lowest BCUT2D eigenvalue weighted by Gasteiger charge is -2.13. The van der Waals surface area contributed by atoms with Gasteiger partial charge in [-0.3, -0.25) is 9.59 Å². The minimum atomic E-state index is -1.20. The van der Waals surface area contributed by atoms with Gasteiger partial charge in [-0.25, -0.2) is 4.79 Å². The number of amides is 2. The van der Waals surface area contributed by atoms with Crippen LogP contribution in [0.4, 0.5) is 0 Å². The monoisotopic (exact) mass is 294 g/mol. The summed E-state index contributed by atoms with van der Waals surface area (Å²) in [6.45, 7) is 0.137. The first-order chi connectivity index (χ1) is 9.99. The molecule has 114 valence electrons. The van der Waals surface area contributed by atoms with E-state index in [1.54, 1.807) is 24.3 Å². The standard InChI is InChI=1S/C14H18N2O5/c15-12(17)7-6-11(14(19)20)16-13(18)8-9-21-10-4-2-1-3-5-10/h1-5,11H,6-9H2,(H2,15,17)(H,16,18)(H,19,20)/t11-/m1/s1. The molecule has 0 bridgehead atoms. The Labute approximate surface area is 122 Å². The van der Waals surface area contributed by atoms with Crippen LogP contribution in [0.5, 0.6) is 5.75 Å². The minimum Gasteiger partial charge on any atom is -0.493 e. The molecule has 1 rings (SSSR count). The summed E-state index contributed by atoms with van der Waals surface area (Å²) in [5, 5.41) is 11.3. The Hall–Kier alpha value is -2.57. The Morgan fingerprint density at radius 1 is 1.19 bits per heavy atom. The van der Waals surface area contributed by atoms with E-state index in [9.17, 15) is 14.4 Å². The number of carboxylic acid groups (broad SMARTS) is 1. The molecule has 1 aromatic carbocycles. The van der Waals surface area contributed by atoms with Crippen LogP contribution in [0.25, 0.3) is 0 Å². The SMILES string of the molecule is NC(=O)CC[C@@H](NC(=O)CCOc1ccccc1)C(=O)O. The van der Waals surface area contributed by atoms with E-state index >= 15 is 0 Å². The Balaban J connectivity index is 2.33. The van der Waals surface area contributed by atoms with Crippen molar-refractivity contribution in [1.29, 1.82) is 0 Å². The van der Waals surface area contributed by atoms with Crippen molar-refractivity contribution < 1.29 is 24.2 Å². The number of carbonyl (C=O) groups excluding carboxylic acids is 2. The summed E-state index contributed by atoms with van der Waals surface area (Å²) in [7, 11) is 0. The van der Waals surface area contributed by atoms with Gasteiger partial charge in [-0.05, 0) is 18.6 Å². The molecule has 21 heavy (non-hydrogen) atoms. The third kappa shape index (κ3) is 6.95. The summed E-state index contributed by atoms with van der Waals surface area (Å²) < 4.78 is 5.33. The van der Waals surface area contributed by atoms with Crippen molar-refractivity contribution >= 4 is 17.8 Å². The maximum atomic E-state index is 11.6. The minimum absolute atomic E-state index is 0.0231. The molecule has 0 aliphatic rings. The maximum Gasteiger partial charge on any atom is 0.326 e. The number of aliphatic carboxylic acids is 1. The first-order valence-corrected chi connectivity index (χ1v) is 6.47. The number of rotatable bonds is 9. The molecule has 0 saturated heterocycles. The molecule has 0 saturated carbocycles. The van der Waals surface area contributed by atoms with E-state index in [0.717, 1.165) is 0 Å². The summed E-state index contributed by atoms with van der Waals surface area (Å²) in [5.74, 6) is -1.63. The fourth-order valence-corrected chi connectivity index (χ4v) is 1.59. The highest BCUT2D eigenvalue weighted by atomic mass is 16.5. The molecule has 0 aliphatic carbocycles. The Bertz CT molecular complexity index is 489. The molecule has 0 aromatic heterocycles. The average molecular weight is 294 g/mol. The second-order valence-corrected chi connectivity index (χ2v) is 4.37. The van der Waals surface area contributed by atoms with E-state index in [2.05, 4.69) is 5.32 Å². The summed E-state index contributed by atoms with van der Waals surface area (Å²) in [6, 6.07) is 7.84. The molecular weight excluding hydrogens is 276 g/mol. The van der Waals surface area contributed by atoms with Crippen molar-refractivity contribution in [3.63, 3.8) is 0 Å². The number of carboxylic acids is 1. The highest BCUT2D eigenvalue weighted by Gasteiger charge is 2.20. The largest absolute Gasteiger partial charge is 0.493 e. The molecular formula is C14H18N2O5. The third-order valence-electron chi connectivity index (χ3n) is 2.65. The predicted octanol–water partition coefficient (Wildman–Crippen LogP) is 0.290. The van der Waals surface area contributed by atoms with Crippen LogP contribution >= 0.6 is 0 Å². The van der Waals surface area contributed by atoms with Gasteiger partial charge in [-0.2, -0.15) is 0 Å². The molecule has 1 atom stereocenters. The number of benzene rings is 1. The van der Waals surface area contributed by atoms with Gasteiger partial charge in [0.05, 0.1) is 13.0 Å². The molecule has 0 fully saturated rings. The van der Waals surface area contributed by atoms with Gasteiger partial charge in [0.2, 0.25) is 11.8 Å². The van der Waals surface area contributed by atoms with E-state index < -0.39 is 23.8 Å². The molecule has 0 unspecified atom stereocenters. The topological polar surface area (TPSA) is 119 Å². The van der Waals surface area contributed by atoms with Crippen molar-refractivity contribution in [3.8, 4) is 5.75 Å². The Morgan fingerprint density at radius 2 is 1.86 bits per heavy atom. The zero-order valence-corrected chi connectivity index (χ0v) is 11.5. The van der Waals surface area contributed by atoms with Crippen LogP contribution in [-0.2, 0) is 14.4 Å². The van der Waals surface area contributed by atoms with Crippen LogP contribution in [0.15, 0.2) is 30.3 Å². The van der Waals surface area contributed by atoms with Crippen molar-refractivity contribution in [3.05, 3.63) is 30.3 Å². The second kappa shape index (κ2) is 8.57. The van der Waals surface area contributed by atoms with Crippen LogP contribution in [0.2, 0.25) is 0 Å². The molecule has 7 nitrogen and oxygen atoms in total. The number of hydrogen-bond donors (Lipinski definition) is 3. The van der Waals surface area contributed by atoms with Gasteiger partial charge in [-0.15, -0.1) is 0 Å². The van der Waals surface area contributed by atoms with Crippen LogP contribution in [-0.4, -0.2) is 35.5 Å². The molecule has 7 heteroatoms. The molecule has 0 radical (unpaired) electrons. The molecule has 0 spiro atoms. The number of primary amides is 1. The van der Waals surface area contributed by atoms with Gasteiger partial charge in [0.25, 0.3) is 0 Å². The third-order valence-corrected chi connectivity index (χ3v) is 2.65. The van der Waals surface area contributed by atoms with Crippen LogP contribution in [0.1, 0.15) is 19.3 Å². The van der Waals surface area contributed by atoms with E-state index in [4.69, 9.17) is 15.6 Å². The fraction of sp³-hybridized carbons (Fsp3) is 0.357. The van der Waals surface area contributed by atoms with Crippen molar-refractivity contribution in [2.45, 2.75) is 25.3 Å². The summed E-state index contributed by atoms with van der Waals surface area (Å²) >= 11 is 0. The normalized spacial score (nSPS) is 11.4. The number of nitrogens with one attached hydrogen (secondary N) is 1. The summed E-state index contributed by atoms with van der Waals surface area (Å²) in [4.78, 5) is 33.2. The molecule has 2 amide bonds. The molecule has 0 aliphatic heterocycles. The van der Waals surface area contributed by atoms with Gasteiger partial charge < -0.3 is 20.9 Å². The second-order valence-electron chi connectivity index (χ2n) is 4.37. The van der Waals surface area contributed by atoms with Gasteiger partial charge in [0.1, 0.15) is 11.8 Å². The fourth-order valence-electron chi connectivity index (χ4n) is 1.59. The van der Waals surface area contributed by atoms with Gasteiger partial charge >= 0.3 is 5.97 Å². The van der Waals surface area contributed by atoms with E-state index in [-0.39, 0.29) is 25.9 Å². The summed E-state index contributed by atoms with van der Waals surface area (Å²) in [5.41, 5.74) is 4.95. The number of hydrogen-bond acceptors (Lipinski definition) is 4. The van der Waals surface area contributed by atoms with Crippen LogP contribution < -0.4 is 15.8 Å². The predicted molar refractivity (Wildman–Crippen MR) is 74.5 cm³/mol. The lowest BCUT2D eigenvalue weighted by Crippen LogP contribution is -2.41. The first-order valence-electron chi connectivity index (χ1n) is 6.47. The van der Waals surface area contributed by atoms with Gasteiger partial charge in [-0.1, -0.05) is 18.2 Å². The zero-order valence-electron chi connectivity index (χ0n) is 11.5. The lowest BCUT2D eigenvalue weighted by molar-refractivity contribution is -0.142. The highest BCUT2D eigenvalue weighted by Crippen LogP contribution is 2.08. The number of carbonyl (C=O) groups is 3. The van der Waals surface area contributed by atoms with Gasteiger partial charge in [0.15, 0.2) is 0 Å². The highest BCUT2D eigenvalue weighted by molar-refractivity contribution is 5.84. The van der Waals surface area contributed by atoms with Crippen molar-refractivity contribution in [2.75, 3.05) is 6.61 Å². The Morgan fingerprint density at radius 3 is 2.43 bits per heavy atom. The van der Waals surface area contributed by atoms with Crippen LogP contribution in [0, 0.1) is 0 Å². The number of nitrogens with two attached hydrogens (primary N) is 1. The van der Waals surface area contributed by atoms with Crippen molar-refractivity contribution in [1.82, 2.24) is 5.32 Å². The zero-order chi connectivity index (χ0) is 15.7. The molecule has 0 heterocycles. The van der Waals surface area contributed by atoms with Gasteiger partial charge in [0, 0.05) is 6.42 Å². The van der Waals surface area contributed by atoms with Crippen LogP contribution in [0.3, 0.4) is 0 Å². The van der Waals surface area contributed by atoms with E-state index in [0.29, 0.717) is 5.75 Å². The number of para-hydroxylation sites is 1. The summed E-state index contributed by atoms with van der Waals surface area (Å²) in [6.07, 6.45) is -0.108. The maximum absolute atomic E-state index is 11.6. The lowest BCUT2D eigenvalue weighted by atomic mass is 10.1. The van der Waals surface area contributed by atoms with E-state index in [1.807, 2.05) is 6.07 Å². The van der Waals surface area contributed by atoms with E-state index in [1.165, 1.54) is 0 Å². The molecule has 1 aromatic rings. The average Bonchev–Trinajstić information content (AvgIpc) is 2.44.